The molecule has 0 fully saturated rings. The molecule has 5 atom stereocenters. The minimum atomic E-state index is -4.95. The number of phosphoric ester groups is 2. The molecule has 0 aromatic rings. The van der Waals surface area contributed by atoms with Crippen molar-refractivity contribution in [3.63, 3.8) is 0 Å². The van der Waals surface area contributed by atoms with E-state index in [-0.39, 0.29) is 25.7 Å². The van der Waals surface area contributed by atoms with Crippen molar-refractivity contribution < 1.29 is 80.2 Å². The molecule has 0 heterocycles. The van der Waals surface area contributed by atoms with Crippen molar-refractivity contribution in [3.8, 4) is 0 Å². The first-order chi connectivity index (χ1) is 43.0. The average molecular weight is 1310 g/mol. The summed E-state index contributed by atoms with van der Waals surface area (Å²) in [6.45, 7) is 7.14. The second kappa shape index (κ2) is 63.5. The van der Waals surface area contributed by atoms with Crippen LogP contribution in [0.2, 0.25) is 0 Å². The lowest BCUT2D eigenvalue weighted by atomic mass is 10.0. The molecular formula is C70H136O17P2. The summed E-state index contributed by atoms with van der Waals surface area (Å²) >= 11 is 0. The van der Waals surface area contributed by atoms with Crippen LogP contribution in [0, 0.1) is 5.92 Å². The summed E-state index contributed by atoms with van der Waals surface area (Å²) in [5, 5.41) is 10.6. The van der Waals surface area contributed by atoms with Crippen molar-refractivity contribution in [2.75, 3.05) is 39.6 Å². The van der Waals surface area contributed by atoms with Crippen LogP contribution in [0.5, 0.6) is 0 Å². The molecule has 0 aliphatic carbocycles. The van der Waals surface area contributed by atoms with Gasteiger partial charge in [-0.1, -0.05) is 311 Å². The monoisotopic (exact) mass is 1310 g/mol. The number of phosphoric acid groups is 2. The summed E-state index contributed by atoms with van der Waals surface area (Å²) in [6, 6.07) is 0. The lowest BCUT2D eigenvalue weighted by Gasteiger charge is -2.21. The number of aliphatic hydroxyl groups is 1. The summed E-state index contributed by atoms with van der Waals surface area (Å²) in [5.41, 5.74) is 0. The lowest BCUT2D eigenvalue weighted by Crippen LogP contribution is -2.30. The molecule has 3 N–H and O–H groups in total. The number of hydrogen-bond donors (Lipinski definition) is 3. The van der Waals surface area contributed by atoms with Gasteiger partial charge in [-0.25, -0.2) is 9.13 Å². The van der Waals surface area contributed by atoms with Gasteiger partial charge in [0.05, 0.1) is 26.4 Å². The number of aliphatic hydroxyl groups excluding tert-OH is 1. The number of carbonyl (C=O) groups is 4. The highest BCUT2D eigenvalue weighted by Gasteiger charge is 2.30. The molecule has 0 bridgehead atoms. The fourth-order valence-electron chi connectivity index (χ4n) is 10.6. The van der Waals surface area contributed by atoms with Gasteiger partial charge >= 0.3 is 39.5 Å². The van der Waals surface area contributed by atoms with E-state index in [9.17, 15) is 43.2 Å². The molecule has 0 aromatic heterocycles. The zero-order valence-corrected chi connectivity index (χ0v) is 59.4. The molecule has 17 nitrogen and oxygen atoms in total. The van der Waals surface area contributed by atoms with Gasteiger partial charge < -0.3 is 33.8 Å². The van der Waals surface area contributed by atoms with Crippen LogP contribution in [-0.2, 0) is 65.4 Å². The van der Waals surface area contributed by atoms with E-state index in [1.165, 1.54) is 180 Å². The highest BCUT2D eigenvalue weighted by atomic mass is 31.2. The van der Waals surface area contributed by atoms with E-state index in [1.807, 2.05) is 0 Å². The van der Waals surface area contributed by atoms with Crippen molar-refractivity contribution in [3.05, 3.63) is 0 Å². The summed E-state index contributed by atoms with van der Waals surface area (Å²) in [6.07, 6.45) is 50.4. The van der Waals surface area contributed by atoms with Crippen molar-refractivity contribution in [1.82, 2.24) is 0 Å². The van der Waals surface area contributed by atoms with Crippen molar-refractivity contribution in [1.29, 1.82) is 0 Å². The van der Waals surface area contributed by atoms with E-state index in [2.05, 4.69) is 34.6 Å². The van der Waals surface area contributed by atoms with Gasteiger partial charge in [0.2, 0.25) is 0 Å². The predicted molar refractivity (Wildman–Crippen MR) is 358 cm³/mol. The molecule has 0 spiro atoms. The van der Waals surface area contributed by atoms with E-state index in [1.54, 1.807) is 0 Å². The highest BCUT2D eigenvalue weighted by Crippen LogP contribution is 2.45. The van der Waals surface area contributed by atoms with Crippen molar-refractivity contribution in [2.24, 2.45) is 5.92 Å². The highest BCUT2D eigenvalue weighted by molar-refractivity contribution is 7.47. The standard InChI is InChI=1S/C70H136O17P2/c1-6-9-12-15-17-19-21-23-24-25-26-27-28-29-30-32-36-41-46-51-56-70(75)87-66(60-81-68(73)54-49-44-39-37-33-34-38-43-47-52-63(4)5)62-85-89(78,79)83-58-64(71)57-82-88(76,77)84-61-65(59-80-67(72)53-48-42-14-11-8-3)86-69(74)55-50-45-40-35-31-22-20-18-16-13-10-7-2/h63-66,71H,6-62H2,1-5H3,(H,76,77)(H,78,79)/t64-,65+,66+/m0/s1. The zero-order chi connectivity index (χ0) is 65.6. The Morgan fingerprint density at radius 2 is 0.517 bits per heavy atom. The maximum absolute atomic E-state index is 13.0. The van der Waals surface area contributed by atoms with E-state index in [0.717, 1.165) is 102 Å². The van der Waals surface area contributed by atoms with E-state index in [0.29, 0.717) is 25.7 Å². The summed E-state index contributed by atoms with van der Waals surface area (Å²) in [7, 11) is -9.89. The SMILES string of the molecule is CCCCCCCCCCCCCCCCCCCCCCC(=O)O[C@H](COC(=O)CCCCCCCCCCCC(C)C)COP(=O)(O)OC[C@@H](O)COP(=O)(O)OC[C@@H](COC(=O)CCCCCCC)OC(=O)CCCCCCCCCCCCCC. The Hall–Kier alpha value is -1.94. The third kappa shape index (κ3) is 64.6. The summed E-state index contributed by atoms with van der Waals surface area (Å²) < 4.78 is 68.0. The van der Waals surface area contributed by atoms with E-state index >= 15 is 0 Å². The summed E-state index contributed by atoms with van der Waals surface area (Å²) in [5.74, 6) is -1.39. The van der Waals surface area contributed by atoms with Gasteiger partial charge in [-0.15, -0.1) is 0 Å². The van der Waals surface area contributed by atoms with Crippen LogP contribution in [0.1, 0.15) is 362 Å². The Balaban J connectivity index is 5.12. The van der Waals surface area contributed by atoms with Crippen LogP contribution < -0.4 is 0 Å². The first-order valence-corrected chi connectivity index (χ1v) is 39.6. The fraction of sp³-hybridized carbons (Fsp3) is 0.943. The maximum atomic E-state index is 13.0. The van der Waals surface area contributed by atoms with Gasteiger partial charge in [-0.3, -0.25) is 37.3 Å². The van der Waals surface area contributed by atoms with Gasteiger partial charge in [-0.05, 0) is 31.6 Å². The van der Waals surface area contributed by atoms with Crippen LogP contribution in [0.15, 0.2) is 0 Å². The van der Waals surface area contributed by atoms with Crippen LogP contribution in [0.3, 0.4) is 0 Å². The van der Waals surface area contributed by atoms with Crippen LogP contribution in [0.25, 0.3) is 0 Å². The smallest absolute Gasteiger partial charge is 0.462 e. The van der Waals surface area contributed by atoms with Gasteiger partial charge in [0.25, 0.3) is 0 Å². The fourth-order valence-corrected chi connectivity index (χ4v) is 12.2. The molecule has 2 unspecified atom stereocenters. The normalized spacial score (nSPS) is 14.1. The van der Waals surface area contributed by atoms with Gasteiger partial charge in [0, 0.05) is 25.7 Å². The molecule has 89 heavy (non-hydrogen) atoms. The molecule has 19 heteroatoms. The molecule has 0 aliphatic rings. The number of carbonyl (C=O) groups excluding carboxylic acids is 4. The quantitative estimate of drug-likeness (QED) is 0.0222. The topological polar surface area (TPSA) is 237 Å². The molecule has 0 amide bonds. The van der Waals surface area contributed by atoms with Gasteiger partial charge in [-0.2, -0.15) is 0 Å². The van der Waals surface area contributed by atoms with Gasteiger partial charge in [0.1, 0.15) is 19.3 Å². The molecule has 0 rings (SSSR count). The Morgan fingerprint density at radius 3 is 0.764 bits per heavy atom. The Morgan fingerprint density at radius 1 is 0.303 bits per heavy atom. The second-order valence-corrected chi connectivity index (χ2v) is 28.7. The van der Waals surface area contributed by atoms with Crippen molar-refractivity contribution >= 4 is 39.5 Å². The van der Waals surface area contributed by atoms with Crippen LogP contribution >= 0.6 is 15.6 Å². The number of rotatable bonds is 70. The van der Waals surface area contributed by atoms with Gasteiger partial charge in [0.15, 0.2) is 12.2 Å². The predicted octanol–water partition coefficient (Wildman–Crippen LogP) is 20.1. The van der Waals surface area contributed by atoms with Crippen LogP contribution in [-0.4, -0.2) is 96.7 Å². The molecule has 0 radical (unpaired) electrons. The Labute approximate surface area is 543 Å². The number of hydrogen-bond acceptors (Lipinski definition) is 15. The minimum absolute atomic E-state index is 0.106. The van der Waals surface area contributed by atoms with E-state index in [4.69, 9.17) is 37.0 Å². The Kier molecular flexibility index (Phi) is 62.1. The van der Waals surface area contributed by atoms with E-state index < -0.39 is 97.5 Å². The lowest BCUT2D eigenvalue weighted by molar-refractivity contribution is -0.161. The zero-order valence-electron chi connectivity index (χ0n) is 57.6. The number of esters is 4. The number of ether oxygens (including phenoxy) is 4. The largest absolute Gasteiger partial charge is 0.472 e. The molecule has 0 saturated carbocycles. The Bertz CT molecular complexity index is 1720. The number of unbranched alkanes of at least 4 members (excludes halogenated alkanes) is 42. The molecule has 0 aliphatic heterocycles. The molecule has 0 aromatic carbocycles. The van der Waals surface area contributed by atoms with Crippen molar-refractivity contribution in [2.45, 2.75) is 380 Å². The third-order valence-corrected chi connectivity index (χ3v) is 18.2. The third-order valence-electron chi connectivity index (χ3n) is 16.3. The molecular weight excluding hydrogens is 1170 g/mol. The molecule has 0 saturated heterocycles. The first-order valence-electron chi connectivity index (χ1n) is 36.6. The van der Waals surface area contributed by atoms with Crippen LogP contribution in [0.4, 0.5) is 0 Å². The first kappa shape index (κ1) is 87.1. The summed E-state index contributed by atoms with van der Waals surface area (Å²) in [4.78, 5) is 72.2. The molecule has 528 valence electrons. The minimum Gasteiger partial charge on any atom is -0.462 e. The second-order valence-electron chi connectivity index (χ2n) is 25.7. The maximum Gasteiger partial charge on any atom is 0.472 e. The average Bonchev–Trinajstić information content (AvgIpc) is 3.67.